The van der Waals surface area contributed by atoms with Crippen molar-refractivity contribution in [2.75, 3.05) is 25.0 Å². The van der Waals surface area contributed by atoms with Gasteiger partial charge >= 0.3 is 0 Å². The van der Waals surface area contributed by atoms with Gasteiger partial charge in [0, 0.05) is 17.3 Å². The van der Waals surface area contributed by atoms with E-state index >= 15 is 0 Å². The molecule has 0 bridgehead atoms. The van der Waals surface area contributed by atoms with Crippen LogP contribution < -0.4 is 10.1 Å². The molecule has 0 aromatic heterocycles. The summed E-state index contributed by atoms with van der Waals surface area (Å²) >= 11 is 6.03. The fourth-order valence-corrected chi connectivity index (χ4v) is 3.96. The highest BCUT2D eigenvalue weighted by atomic mass is 35.5. The molecule has 2 aromatic rings. The van der Waals surface area contributed by atoms with Crippen LogP contribution in [0.5, 0.6) is 5.75 Å². The summed E-state index contributed by atoms with van der Waals surface area (Å²) < 4.78 is 5.58. The molecule has 162 valence electrons. The first kappa shape index (κ1) is 22.5. The number of halogens is 1. The first-order valence-corrected chi connectivity index (χ1v) is 11.6. The standard InChI is InChI=1S/C25H34ClN3O/c1-3-5-6-7-8-17-29-23(18-20-9-15-24(16-10-20)30-4-2)19-27-25(29)28-22-13-11-21(26)12-14-22/h9-16,23H,3-8,17-19H2,1-2H3,(H,27,28)/t23-/m0/s1. The zero-order valence-electron chi connectivity index (χ0n) is 18.2. The fourth-order valence-electron chi connectivity index (χ4n) is 3.84. The number of nitrogens with one attached hydrogen (secondary N) is 1. The predicted octanol–water partition coefficient (Wildman–Crippen LogP) is 6.40. The molecule has 0 aliphatic carbocycles. The normalized spacial score (nSPS) is 15.9. The Labute approximate surface area is 186 Å². The molecular weight excluding hydrogens is 394 g/mol. The summed E-state index contributed by atoms with van der Waals surface area (Å²) in [6.07, 6.45) is 7.35. The number of benzene rings is 2. The molecule has 30 heavy (non-hydrogen) atoms. The third kappa shape index (κ3) is 6.66. The highest BCUT2D eigenvalue weighted by molar-refractivity contribution is 6.30. The molecule has 0 radical (unpaired) electrons. The second-order valence-electron chi connectivity index (χ2n) is 7.84. The molecule has 4 nitrogen and oxygen atoms in total. The summed E-state index contributed by atoms with van der Waals surface area (Å²) in [5.41, 5.74) is 2.35. The van der Waals surface area contributed by atoms with Gasteiger partial charge in [-0.25, -0.2) is 0 Å². The number of anilines is 1. The average molecular weight is 428 g/mol. The summed E-state index contributed by atoms with van der Waals surface area (Å²) in [4.78, 5) is 7.30. The molecule has 2 aromatic carbocycles. The molecule has 0 spiro atoms. The highest BCUT2D eigenvalue weighted by Gasteiger charge is 2.27. The van der Waals surface area contributed by atoms with Crippen molar-refractivity contribution < 1.29 is 4.74 Å². The highest BCUT2D eigenvalue weighted by Crippen LogP contribution is 2.21. The van der Waals surface area contributed by atoms with Crippen molar-refractivity contribution in [1.29, 1.82) is 0 Å². The molecule has 5 heteroatoms. The Morgan fingerprint density at radius 1 is 1.00 bits per heavy atom. The second-order valence-corrected chi connectivity index (χ2v) is 8.28. The van der Waals surface area contributed by atoms with Crippen LogP contribution in [0.25, 0.3) is 0 Å². The van der Waals surface area contributed by atoms with Crippen LogP contribution in [-0.4, -0.2) is 36.6 Å². The molecule has 1 aliphatic heterocycles. The Morgan fingerprint density at radius 2 is 1.73 bits per heavy atom. The molecule has 1 atom stereocenters. The zero-order valence-corrected chi connectivity index (χ0v) is 19.0. The van der Waals surface area contributed by atoms with Gasteiger partial charge in [-0.15, -0.1) is 0 Å². The summed E-state index contributed by atoms with van der Waals surface area (Å²) in [6, 6.07) is 16.7. The molecule has 1 aliphatic rings. The molecule has 1 heterocycles. The van der Waals surface area contributed by atoms with E-state index in [2.05, 4.69) is 41.4 Å². The van der Waals surface area contributed by atoms with Crippen molar-refractivity contribution >= 4 is 23.2 Å². The number of aliphatic imine (C=N–C) groups is 1. The summed E-state index contributed by atoms with van der Waals surface area (Å²) in [5, 5.41) is 4.25. The second kappa shape index (κ2) is 11.8. The number of ether oxygens (including phenoxy) is 1. The van der Waals surface area contributed by atoms with Crippen LogP contribution in [0.3, 0.4) is 0 Å². The largest absolute Gasteiger partial charge is 0.494 e. The first-order chi connectivity index (χ1) is 14.7. The smallest absolute Gasteiger partial charge is 0.198 e. The summed E-state index contributed by atoms with van der Waals surface area (Å²) in [7, 11) is 0. The minimum Gasteiger partial charge on any atom is -0.494 e. The fraction of sp³-hybridized carbons (Fsp3) is 0.480. The Hall–Kier alpha value is -2.20. The lowest BCUT2D eigenvalue weighted by molar-refractivity contribution is 0.329. The van der Waals surface area contributed by atoms with E-state index in [-0.39, 0.29) is 0 Å². The van der Waals surface area contributed by atoms with Gasteiger partial charge in [0.25, 0.3) is 0 Å². The summed E-state index contributed by atoms with van der Waals surface area (Å²) in [5.74, 6) is 1.91. The number of nitrogens with zero attached hydrogens (tertiary/aromatic N) is 2. The Bertz CT molecular complexity index is 789. The Balaban J connectivity index is 1.64. The van der Waals surface area contributed by atoms with Gasteiger partial charge in [0.15, 0.2) is 5.96 Å². The monoisotopic (exact) mass is 427 g/mol. The van der Waals surface area contributed by atoms with Crippen LogP contribution in [0.2, 0.25) is 5.02 Å². The van der Waals surface area contributed by atoms with Gasteiger partial charge in [-0.2, -0.15) is 0 Å². The Kier molecular flexibility index (Phi) is 8.88. The average Bonchev–Trinajstić information content (AvgIpc) is 3.12. The van der Waals surface area contributed by atoms with Crippen molar-refractivity contribution in [1.82, 2.24) is 4.90 Å². The van der Waals surface area contributed by atoms with Gasteiger partial charge in [0.2, 0.25) is 0 Å². The summed E-state index contributed by atoms with van der Waals surface area (Å²) in [6.45, 7) is 6.82. The van der Waals surface area contributed by atoms with Gasteiger partial charge in [0.1, 0.15) is 5.75 Å². The van der Waals surface area contributed by atoms with Crippen LogP contribution in [0, 0.1) is 0 Å². The maximum Gasteiger partial charge on any atom is 0.198 e. The molecular formula is C25H34ClN3O. The van der Waals surface area contributed by atoms with Crippen molar-refractivity contribution in [3.63, 3.8) is 0 Å². The van der Waals surface area contributed by atoms with Gasteiger partial charge < -0.3 is 15.0 Å². The van der Waals surface area contributed by atoms with E-state index in [0.29, 0.717) is 12.6 Å². The minimum absolute atomic E-state index is 0.379. The molecule has 3 rings (SSSR count). The van der Waals surface area contributed by atoms with Crippen molar-refractivity contribution in [3.8, 4) is 5.75 Å². The minimum atomic E-state index is 0.379. The van der Waals surface area contributed by atoms with Crippen molar-refractivity contribution in [2.24, 2.45) is 4.99 Å². The lowest BCUT2D eigenvalue weighted by atomic mass is 10.0. The molecule has 1 N–H and O–H groups in total. The first-order valence-electron chi connectivity index (χ1n) is 11.2. The zero-order chi connectivity index (χ0) is 21.2. The van der Waals surface area contributed by atoms with E-state index in [9.17, 15) is 0 Å². The molecule has 0 amide bonds. The van der Waals surface area contributed by atoms with Gasteiger partial charge in [-0.05, 0) is 61.7 Å². The molecule has 0 fully saturated rings. The molecule has 0 saturated carbocycles. The number of hydrogen-bond donors (Lipinski definition) is 1. The van der Waals surface area contributed by atoms with E-state index in [0.717, 1.165) is 41.9 Å². The van der Waals surface area contributed by atoms with Crippen LogP contribution in [0.1, 0.15) is 51.5 Å². The Morgan fingerprint density at radius 3 is 2.43 bits per heavy atom. The van der Waals surface area contributed by atoms with Crippen LogP contribution in [0.15, 0.2) is 53.5 Å². The predicted molar refractivity (Wildman–Crippen MR) is 128 cm³/mol. The molecule has 0 unspecified atom stereocenters. The van der Waals surface area contributed by atoms with Crippen molar-refractivity contribution in [2.45, 2.75) is 58.4 Å². The topological polar surface area (TPSA) is 36.9 Å². The van der Waals surface area contributed by atoms with E-state index in [4.69, 9.17) is 21.3 Å². The number of hydrogen-bond acceptors (Lipinski definition) is 4. The molecule has 0 saturated heterocycles. The van der Waals surface area contributed by atoms with Gasteiger partial charge in [-0.3, -0.25) is 4.99 Å². The van der Waals surface area contributed by atoms with E-state index < -0.39 is 0 Å². The number of guanidine groups is 1. The van der Waals surface area contributed by atoms with Crippen molar-refractivity contribution in [3.05, 3.63) is 59.1 Å². The van der Waals surface area contributed by atoms with E-state index in [1.54, 1.807) is 0 Å². The van der Waals surface area contributed by atoms with Crippen LogP contribution in [-0.2, 0) is 6.42 Å². The maximum atomic E-state index is 6.03. The van der Waals surface area contributed by atoms with Gasteiger partial charge in [0.05, 0.1) is 19.2 Å². The van der Waals surface area contributed by atoms with Crippen LogP contribution in [0.4, 0.5) is 5.69 Å². The maximum absolute atomic E-state index is 6.03. The number of unbranched alkanes of at least 4 members (excludes halogenated alkanes) is 4. The number of rotatable bonds is 11. The lowest BCUT2D eigenvalue weighted by Crippen LogP contribution is -2.41. The quantitative estimate of drug-likeness (QED) is 0.421. The van der Waals surface area contributed by atoms with Crippen LogP contribution >= 0.6 is 11.6 Å². The van der Waals surface area contributed by atoms with Gasteiger partial charge in [-0.1, -0.05) is 56.3 Å². The van der Waals surface area contributed by atoms with E-state index in [1.165, 1.54) is 37.7 Å². The third-order valence-electron chi connectivity index (χ3n) is 5.47. The van der Waals surface area contributed by atoms with E-state index in [1.807, 2.05) is 31.2 Å². The third-order valence-corrected chi connectivity index (χ3v) is 5.73. The lowest BCUT2D eigenvalue weighted by Gasteiger charge is -2.28. The SMILES string of the molecule is CCCCCCCN1C(Nc2ccc(Cl)cc2)=NC[C@@H]1Cc1ccc(OCC)cc1.